The Morgan fingerprint density at radius 3 is 1.36 bits per heavy atom. The molecule has 8 nitrogen and oxygen atoms in total. The second-order valence-corrected chi connectivity index (χ2v) is 8.53. The summed E-state index contributed by atoms with van der Waals surface area (Å²) < 4.78 is 10.7. The maximum absolute atomic E-state index is 9.43. The molecule has 0 fully saturated rings. The van der Waals surface area contributed by atoms with Crippen LogP contribution in [-0.2, 0) is 9.47 Å². The van der Waals surface area contributed by atoms with E-state index in [9.17, 15) is 10.5 Å². The molecule has 0 saturated carbocycles. The average molecular weight is 395 g/mol. The number of amidine groups is 1. The van der Waals surface area contributed by atoms with Crippen molar-refractivity contribution in [1.82, 2.24) is 0 Å². The molecule has 0 amide bonds. The van der Waals surface area contributed by atoms with Crippen molar-refractivity contribution in [3.63, 3.8) is 0 Å². The largest absolute Gasteiger partial charge is 0.388 e. The predicted molar refractivity (Wildman–Crippen MR) is 111 cm³/mol. The molecule has 0 spiro atoms. The SMILES string of the molecule is CCCC(=N)N.COC(C)(C)CC(C)(C#N)N=NC(C)(C#N)CC(C)(C)OC. The fraction of sp³-hybridized carbons (Fsp3) is 0.850. The van der Waals surface area contributed by atoms with Crippen LogP contribution in [0.5, 0.6) is 0 Å². The molecule has 0 radical (unpaired) electrons. The Hall–Kier alpha value is -2.03. The third-order valence-electron chi connectivity index (χ3n) is 4.14. The number of nitrogens with one attached hydrogen (secondary N) is 1. The Kier molecular flexibility index (Phi) is 11.8. The Morgan fingerprint density at radius 1 is 0.893 bits per heavy atom. The molecule has 0 aromatic carbocycles. The van der Waals surface area contributed by atoms with Crippen LogP contribution in [0.25, 0.3) is 0 Å². The van der Waals surface area contributed by atoms with Crippen LogP contribution in [0.4, 0.5) is 0 Å². The highest BCUT2D eigenvalue weighted by atomic mass is 16.5. The van der Waals surface area contributed by atoms with Crippen LogP contribution in [0.1, 0.15) is 74.1 Å². The van der Waals surface area contributed by atoms with Crippen molar-refractivity contribution in [1.29, 1.82) is 15.9 Å². The van der Waals surface area contributed by atoms with Gasteiger partial charge in [-0.25, -0.2) is 0 Å². The molecule has 0 rings (SSSR count). The van der Waals surface area contributed by atoms with Gasteiger partial charge in [0.05, 0.1) is 29.2 Å². The van der Waals surface area contributed by atoms with Gasteiger partial charge in [0, 0.05) is 33.5 Å². The van der Waals surface area contributed by atoms with E-state index in [0.29, 0.717) is 12.8 Å². The van der Waals surface area contributed by atoms with E-state index in [0.717, 1.165) is 12.8 Å². The molecule has 0 aliphatic carbocycles. The quantitative estimate of drug-likeness (QED) is 0.322. The molecule has 0 aromatic heterocycles. The van der Waals surface area contributed by atoms with E-state index in [1.54, 1.807) is 28.1 Å². The van der Waals surface area contributed by atoms with E-state index in [4.69, 9.17) is 20.6 Å². The van der Waals surface area contributed by atoms with Crippen LogP contribution in [0, 0.1) is 28.1 Å². The van der Waals surface area contributed by atoms with Crippen molar-refractivity contribution in [2.45, 2.75) is 96.4 Å². The van der Waals surface area contributed by atoms with Gasteiger partial charge in [-0.1, -0.05) is 6.92 Å². The van der Waals surface area contributed by atoms with E-state index in [1.165, 1.54) is 0 Å². The van der Waals surface area contributed by atoms with Gasteiger partial charge >= 0.3 is 0 Å². The fourth-order valence-electron chi connectivity index (χ4n) is 2.49. The summed E-state index contributed by atoms with van der Waals surface area (Å²) in [5, 5.41) is 33.9. The Bertz CT molecular complexity index is 559. The summed E-state index contributed by atoms with van der Waals surface area (Å²) in [6, 6.07) is 4.32. The summed E-state index contributed by atoms with van der Waals surface area (Å²) in [4.78, 5) is 0. The summed E-state index contributed by atoms with van der Waals surface area (Å²) in [5.74, 6) is 0.289. The lowest BCUT2D eigenvalue weighted by Gasteiger charge is -2.31. The van der Waals surface area contributed by atoms with Crippen LogP contribution in [0.15, 0.2) is 10.2 Å². The van der Waals surface area contributed by atoms with Crippen molar-refractivity contribution < 1.29 is 9.47 Å². The Balaban J connectivity index is 0. The highest BCUT2D eigenvalue weighted by Crippen LogP contribution is 2.30. The van der Waals surface area contributed by atoms with Crippen molar-refractivity contribution in [2.75, 3.05) is 14.2 Å². The molecule has 0 aliphatic rings. The summed E-state index contributed by atoms with van der Waals surface area (Å²) in [6.07, 6.45) is 2.48. The second-order valence-electron chi connectivity index (χ2n) is 8.53. The minimum atomic E-state index is -1.05. The van der Waals surface area contributed by atoms with Crippen molar-refractivity contribution in [2.24, 2.45) is 16.0 Å². The van der Waals surface area contributed by atoms with E-state index in [1.807, 2.05) is 34.6 Å². The number of ether oxygens (including phenoxy) is 2. The van der Waals surface area contributed by atoms with E-state index >= 15 is 0 Å². The van der Waals surface area contributed by atoms with Gasteiger partial charge in [-0.05, 0) is 48.0 Å². The Morgan fingerprint density at radius 2 is 1.21 bits per heavy atom. The Labute approximate surface area is 170 Å². The molecule has 2 atom stereocenters. The van der Waals surface area contributed by atoms with Crippen LogP contribution in [0.3, 0.4) is 0 Å². The molecule has 160 valence electrons. The lowest BCUT2D eigenvalue weighted by molar-refractivity contribution is 0.000704. The number of hydrogen-bond donors (Lipinski definition) is 2. The zero-order valence-corrected chi connectivity index (χ0v) is 19.0. The maximum Gasteiger partial charge on any atom is 0.167 e. The van der Waals surface area contributed by atoms with Crippen LogP contribution < -0.4 is 5.73 Å². The highest BCUT2D eigenvalue weighted by Gasteiger charge is 2.36. The molecule has 0 heterocycles. The lowest BCUT2D eigenvalue weighted by atomic mass is 9.88. The van der Waals surface area contributed by atoms with E-state index in [2.05, 4.69) is 22.4 Å². The highest BCUT2D eigenvalue weighted by molar-refractivity contribution is 5.76. The van der Waals surface area contributed by atoms with Gasteiger partial charge in [0.2, 0.25) is 0 Å². The number of azo groups is 1. The summed E-state index contributed by atoms with van der Waals surface area (Å²) in [5.41, 5.74) is 1.89. The molecule has 2 unspecified atom stereocenters. The van der Waals surface area contributed by atoms with Gasteiger partial charge in [0.1, 0.15) is 0 Å². The monoisotopic (exact) mass is 394 g/mol. The number of nitrogens with zero attached hydrogens (tertiary/aromatic N) is 4. The fourth-order valence-corrected chi connectivity index (χ4v) is 2.49. The number of rotatable bonds is 10. The molecule has 8 heteroatoms. The van der Waals surface area contributed by atoms with Crippen molar-refractivity contribution in [3.8, 4) is 12.1 Å². The summed E-state index contributed by atoms with van der Waals surface area (Å²) >= 11 is 0. The van der Waals surface area contributed by atoms with E-state index in [-0.39, 0.29) is 5.84 Å². The predicted octanol–water partition coefficient (Wildman–Crippen LogP) is 4.36. The minimum absolute atomic E-state index is 0.289. The molecular weight excluding hydrogens is 356 g/mol. The normalized spacial score (nSPS) is 16.1. The van der Waals surface area contributed by atoms with Crippen molar-refractivity contribution >= 4 is 5.84 Å². The number of hydrogen-bond acceptors (Lipinski definition) is 7. The van der Waals surface area contributed by atoms with Gasteiger partial charge in [-0.15, -0.1) is 0 Å². The van der Waals surface area contributed by atoms with Crippen LogP contribution in [-0.4, -0.2) is 42.3 Å². The standard InChI is InChI=1S/C16H28N4O2.C4H10N2/c1-13(2,21-7)9-15(5,11-17)19-20-16(6,12-18)10-14(3,4)22-8;1-2-3-4(5)6/h9-10H2,1-8H3;2-3H2,1H3,(H3,5,6). The van der Waals surface area contributed by atoms with Gasteiger partial charge < -0.3 is 15.2 Å². The lowest BCUT2D eigenvalue weighted by Crippen LogP contribution is -2.37. The zero-order chi connectivity index (χ0) is 22.6. The van der Waals surface area contributed by atoms with E-state index < -0.39 is 22.3 Å². The molecular formula is C20H38N6O2. The van der Waals surface area contributed by atoms with Crippen molar-refractivity contribution in [3.05, 3.63) is 0 Å². The topological polar surface area (TPSA) is 141 Å². The molecule has 0 aliphatic heterocycles. The number of nitriles is 2. The van der Waals surface area contributed by atoms with Gasteiger partial charge in [0.25, 0.3) is 0 Å². The number of nitrogens with two attached hydrogens (primary N) is 1. The van der Waals surface area contributed by atoms with Gasteiger partial charge in [-0.3, -0.25) is 5.41 Å². The smallest absolute Gasteiger partial charge is 0.167 e. The first-order valence-corrected chi connectivity index (χ1v) is 9.33. The molecule has 3 N–H and O–H groups in total. The summed E-state index contributed by atoms with van der Waals surface area (Å²) in [6.45, 7) is 12.9. The van der Waals surface area contributed by atoms with Gasteiger partial charge in [0.15, 0.2) is 11.1 Å². The van der Waals surface area contributed by atoms with Gasteiger partial charge in [-0.2, -0.15) is 20.8 Å². The first kappa shape index (κ1) is 28.2. The third kappa shape index (κ3) is 12.4. The first-order valence-electron chi connectivity index (χ1n) is 9.33. The first-order chi connectivity index (χ1) is 12.6. The molecule has 0 saturated heterocycles. The minimum Gasteiger partial charge on any atom is -0.388 e. The molecule has 0 aromatic rings. The summed E-state index contributed by atoms with van der Waals surface area (Å²) in [7, 11) is 3.19. The molecule has 0 bridgehead atoms. The van der Waals surface area contributed by atoms with Crippen LogP contribution in [0.2, 0.25) is 0 Å². The third-order valence-corrected chi connectivity index (χ3v) is 4.14. The van der Waals surface area contributed by atoms with Crippen LogP contribution >= 0.6 is 0 Å². The second kappa shape index (κ2) is 11.7. The number of methoxy groups -OCH3 is 2. The molecule has 28 heavy (non-hydrogen) atoms. The average Bonchev–Trinajstić information content (AvgIpc) is 2.60. The zero-order valence-electron chi connectivity index (χ0n) is 19.0. The maximum atomic E-state index is 9.43.